The van der Waals surface area contributed by atoms with Crippen LogP contribution in [0.3, 0.4) is 0 Å². The molecule has 0 aromatic heterocycles. The molecule has 3 rings (SSSR count). The van der Waals surface area contributed by atoms with Crippen molar-refractivity contribution in [3.8, 4) is 5.75 Å². The van der Waals surface area contributed by atoms with Crippen molar-refractivity contribution in [2.45, 2.75) is 20.0 Å². The van der Waals surface area contributed by atoms with Gasteiger partial charge in [0.15, 0.2) is 0 Å². The lowest BCUT2D eigenvalue weighted by molar-refractivity contribution is 0.203. The Labute approximate surface area is 116 Å². The van der Waals surface area contributed by atoms with Crippen LogP contribution in [0.5, 0.6) is 5.75 Å². The van der Waals surface area contributed by atoms with Gasteiger partial charge in [-0.3, -0.25) is 0 Å². The topological polar surface area (TPSA) is 21.3 Å². The summed E-state index contributed by atoms with van der Waals surface area (Å²) in [6.07, 6.45) is -0.528. The monoisotopic (exact) mass is 275 g/mol. The second kappa shape index (κ2) is 4.78. The van der Waals surface area contributed by atoms with E-state index in [0.29, 0.717) is 12.3 Å². The van der Waals surface area contributed by atoms with E-state index < -0.39 is 17.7 Å². The zero-order valence-electron chi connectivity index (χ0n) is 11.3. The van der Waals surface area contributed by atoms with E-state index in [4.69, 9.17) is 4.74 Å². The average Bonchev–Trinajstić information content (AvgIpc) is 2.41. The van der Waals surface area contributed by atoms with Gasteiger partial charge in [-0.15, -0.1) is 0 Å². The normalized spacial score (nSPS) is 17.1. The molecule has 1 atom stereocenters. The first-order valence-electron chi connectivity index (χ1n) is 6.51. The van der Waals surface area contributed by atoms with Gasteiger partial charge in [0.1, 0.15) is 23.5 Å². The van der Waals surface area contributed by atoms with Crippen LogP contribution in [0.4, 0.5) is 14.5 Å². The molecule has 2 aromatic carbocycles. The van der Waals surface area contributed by atoms with E-state index in [2.05, 4.69) is 5.32 Å². The van der Waals surface area contributed by atoms with Crippen LogP contribution in [0.25, 0.3) is 0 Å². The minimum absolute atomic E-state index is 0.239. The van der Waals surface area contributed by atoms with Crippen molar-refractivity contribution in [1.29, 1.82) is 0 Å². The van der Waals surface area contributed by atoms with Gasteiger partial charge in [0, 0.05) is 5.56 Å². The van der Waals surface area contributed by atoms with E-state index in [1.54, 1.807) is 0 Å². The smallest absolute Gasteiger partial charge is 0.146 e. The Hall–Kier alpha value is -2.10. The van der Waals surface area contributed by atoms with Crippen LogP contribution in [-0.4, -0.2) is 6.54 Å². The predicted molar refractivity (Wildman–Crippen MR) is 74.1 cm³/mol. The number of ether oxygens (including phenoxy) is 1. The van der Waals surface area contributed by atoms with Gasteiger partial charge in [0.25, 0.3) is 0 Å². The van der Waals surface area contributed by atoms with Crippen molar-refractivity contribution in [1.82, 2.24) is 0 Å². The Morgan fingerprint density at radius 2 is 1.95 bits per heavy atom. The van der Waals surface area contributed by atoms with Crippen molar-refractivity contribution in [2.75, 3.05) is 11.9 Å². The maximum Gasteiger partial charge on any atom is 0.146 e. The Morgan fingerprint density at radius 3 is 2.75 bits per heavy atom. The molecule has 1 aliphatic rings. The molecule has 20 heavy (non-hydrogen) atoms. The van der Waals surface area contributed by atoms with Gasteiger partial charge < -0.3 is 10.1 Å². The minimum Gasteiger partial charge on any atom is -0.481 e. The third kappa shape index (κ3) is 2.22. The maximum atomic E-state index is 13.8. The Balaban J connectivity index is 1.98. The molecule has 1 aliphatic heterocycles. The van der Waals surface area contributed by atoms with Gasteiger partial charge >= 0.3 is 0 Å². The minimum atomic E-state index is -0.528. The average molecular weight is 275 g/mol. The second-order valence-corrected chi connectivity index (χ2v) is 5.11. The van der Waals surface area contributed by atoms with E-state index in [0.717, 1.165) is 28.9 Å². The molecule has 0 bridgehead atoms. The molecular weight excluding hydrogens is 260 g/mol. The van der Waals surface area contributed by atoms with E-state index in [1.165, 1.54) is 6.07 Å². The summed E-state index contributed by atoms with van der Waals surface area (Å²) < 4.78 is 33.0. The number of fused-ring (bicyclic) bond motifs is 1. The quantitative estimate of drug-likeness (QED) is 0.845. The molecule has 1 N–H and O–H groups in total. The summed E-state index contributed by atoms with van der Waals surface area (Å²) in [5.74, 6) is -0.210. The van der Waals surface area contributed by atoms with Crippen molar-refractivity contribution in [2.24, 2.45) is 0 Å². The van der Waals surface area contributed by atoms with Crippen LogP contribution in [-0.2, 0) is 0 Å². The molecule has 0 radical (unpaired) electrons. The molecule has 0 fully saturated rings. The third-order valence-electron chi connectivity index (χ3n) is 3.46. The van der Waals surface area contributed by atoms with Crippen molar-refractivity contribution in [3.63, 3.8) is 0 Å². The van der Waals surface area contributed by atoms with Gasteiger partial charge in [0.2, 0.25) is 0 Å². The first kappa shape index (κ1) is 12.9. The Bertz CT molecular complexity index is 670. The highest BCUT2D eigenvalue weighted by Crippen LogP contribution is 2.38. The lowest BCUT2D eigenvalue weighted by atomic mass is 10.0. The fraction of sp³-hybridized carbons (Fsp3) is 0.250. The van der Waals surface area contributed by atoms with Gasteiger partial charge in [-0.25, -0.2) is 8.78 Å². The van der Waals surface area contributed by atoms with Gasteiger partial charge in [-0.2, -0.15) is 0 Å². The standard InChI is InChI=1S/C16H15F2NO/c1-9-5-10(2)16-14(6-9)19-8-15(20-16)12-7-11(17)3-4-13(12)18/h3-7,15,19H,8H2,1-2H3. The van der Waals surface area contributed by atoms with Gasteiger partial charge in [-0.05, 0) is 49.2 Å². The lowest BCUT2D eigenvalue weighted by Gasteiger charge is -2.29. The predicted octanol–water partition coefficient (Wildman–Crippen LogP) is 4.13. The number of anilines is 1. The highest BCUT2D eigenvalue weighted by Gasteiger charge is 2.25. The fourth-order valence-corrected chi connectivity index (χ4v) is 2.56. The molecule has 0 spiro atoms. The van der Waals surface area contributed by atoms with Crippen LogP contribution in [0.2, 0.25) is 0 Å². The molecule has 0 saturated heterocycles. The number of halogens is 2. The molecule has 0 saturated carbocycles. The Morgan fingerprint density at radius 1 is 1.15 bits per heavy atom. The SMILES string of the molecule is Cc1cc(C)c2c(c1)NCC(c1cc(F)ccc1F)O2. The van der Waals surface area contributed by atoms with Crippen LogP contribution in [0, 0.1) is 25.5 Å². The summed E-state index contributed by atoms with van der Waals surface area (Å²) >= 11 is 0. The van der Waals surface area contributed by atoms with Gasteiger partial charge in [0.05, 0.1) is 12.2 Å². The number of benzene rings is 2. The number of nitrogens with one attached hydrogen (secondary N) is 1. The molecule has 2 aromatic rings. The first-order valence-corrected chi connectivity index (χ1v) is 6.51. The molecule has 2 nitrogen and oxygen atoms in total. The zero-order chi connectivity index (χ0) is 14.3. The van der Waals surface area contributed by atoms with Gasteiger partial charge in [-0.1, -0.05) is 6.07 Å². The van der Waals surface area contributed by atoms with Crippen molar-refractivity contribution >= 4 is 5.69 Å². The van der Waals surface area contributed by atoms with Crippen molar-refractivity contribution < 1.29 is 13.5 Å². The van der Waals surface area contributed by atoms with Crippen LogP contribution >= 0.6 is 0 Å². The van der Waals surface area contributed by atoms with E-state index in [9.17, 15) is 8.78 Å². The molecule has 4 heteroatoms. The largest absolute Gasteiger partial charge is 0.481 e. The molecule has 104 valence electrons. The molecule has 0 aliphatic carbocycles. The summed E-state index contributed by atoms with van der Waals surface area (Å²) in [6.45, 7) is 4.36. The second-order valence-electron chi connectivity index (χ2n) is 5.11. The summed E-state index contributed by atoms with van der Waals surface area (Å²) in [4.78, 5) is 0. The summed E-state index contributed by atoms with van der Waals surface area (Å²) in [6, 6.07) is 7.42. The summed E-state index contributed by atoms with van der Waals surface area (Å²) in [5, 5.41) is 3.23. The van der Waals surface area contributed by atoms with E-state index in [-0.39, 0.29) is 5.56 Å². The fourth-order valence-electron chi connectivity index (χ4n) is 2.56. The Kier molecular flexibility index (Phi) is 3.08. The maximum absolute atomic E-state index is 13.8. The number of aryl methyl sites for hydroxylation is 2. The zero-order valence-corrected chi connectivity index (χ0v) is 11.3. The molecule has 1 heterocycles. The van der Waals surface area contributed by atoms with Crippen molar-refractivity contribution in [3.05, 3.63) is 58.7 Å². The first-order chi connectivity index (χ1) is 9.54. The van der Waals surface area contributed by atoms with E-state index >= 15 is 0 Å². The molecule has 0 amide bonds. The third-order valence-corrected chi connectivity index (χ3v) is 3.46. The number of hydrogen-bond donors (Lipinski definition) is 1. The summed E-state index contributed by atoms with van der Waals surface area (Å²) in [7, 11) is 0. The summed E-state index contributed by atoms with van der Waals surface area (Å²) in [5.41, 5.74) is 3.25. The highest BCUT2D eigenvalue weighted by atomic mass is 19.1. The lowest BCUT2D eigenvalue weighted by Crippen LogP contribution is -2.25. The van der Waals surface area contributed by atoms with Crippen LogP contribution < -0.4 is 10.1 Å². The molecular formula is C16H15F2NO. The number of hydrogen-bond acceptors (Lipinski definition) is 2. The van der Waals surface area contributed by atoms with Crippen LogP contribution in [0.15, 0.2) is 30.3 Å². The van der Waals surface area contributed by atoms with Crippen LogP contribution in [0.1, 0.15) is 22.8 Å². The molecule has 1 unspecified atom stereocenters. The number of rotatable bonds is 1. The highest BCUT2D eigenvalue weighted by molar-refractivity contribution is 5.63. The van der Waals surface area contributed by atoms with E-state index in [1.807, 2.05) is 26.0 Å².